The van der Waals surface area contributed by atoms with Gasteiger partial charge in [-0.2, -0.15) is 10.5 Å². The molecule has 0 fully saturated rings. The van der Waals surface area contributed by atoms with Crippen LogP contribution in [0.2, 0.25) is 0 Å². The minimum Gasteiger partial charge on any atom is -0.310 e. The minimum atomic E-state index is 0.000166. The normalized spacial score (nSPS) is 11.1. The van der Waals surface area contributed by atoms with Crippen molar-refractivity contribution in [2.75, 3.05) is 9.80 Å². The highest BCUT2D eigenvalue weighted by Gasteiger charge is 2.25. The quantitative estimate of drug-likeness (QED) is 0.165. The molecule has 0 atom stereocenters. The number of hydrogen-bond acceptors (Lipinski definition) is 4. The second-order valence-corrected chi connectivity index (χ2v) is 13.7. The number of nitriles is 2. The zero-order valence-corrected chi connectivity index (χ0v) is 30.2. The number of nitrogens with zero attached hydrogens (tertiary/aromatic N) is 4. The van der Waals surface area contributed by atoms with Gasteiger partial charge in [0.2, 0.25) is 0 Å². The van der Waals surface area contributed by atoms with Crippen LogP contribution >= 0.6 is 0 Å². The molecule has 8 rings (SSSR count). The monoisotopic (exact) mass is 672 g/mol. The summed E-state index contributed by atoms with van der Waals surface area (Å²) in [6, 6.07) is 57.0. The van der Waals surface area contributed by atoms with E-state index in [2.05, 4.69) is 134 Å². The van der Waals surface area contributed by atoms with Gasteiger partial charge in [-0.3, -0.25) is 0 Å². The lowest BCUT2D eigenvalue weighted by Gasteiger charge is -2.32. The maximum Gasteiger partial charge on any atom is 0.0991 e. The number of rotatable bonds is 6. The van der Waals surface area contributed by atoms with Gasteiger partial charge in [0.15, 0.2) is 0 Å². The summed E-state index contributed by atoms with van der Waals surface area (Å²) in [7, 11) is 0. The van der Waals surface area contributed by atoms with Crippen molar-refractivity contribution >= 4 is 66.4 Å². The van der Waals surface area contributed by atoms with Crippen LogP contribution in [0.15, 0.2) is 152 Å². The van der Waals surface area contributed by atoms with Crippen molar-refractivity contribution in [3.05, 3.63) is 168 Å². The molecular weight excluding hydrogens is 633 g/mol. The van der Waals surface area contributed by atoms with E-state index in [1.165, 1.54) is 27.1 Å². The highest BCUT2D eigenvalue weighted by atomic mass is 15.2. The molecule has 0 saturated heterocycles. The molecule has 0 heterocycles. The first-order valence-corrected chi connectivity index (χ1v) is 17.8. The molecule has 0 N–H and O–H groups in total. The van der Waals surface area contributed by atoms with E-state index in [0.29, 0.717) is 11.1 Å². The largest absolute Gasteiger partial charge is 0.310 e. The maximum atomic E-state index is 9.63. The molecule has 0 unspecified atom stereocenters. The molecule has 4 nitrogen and oxygen atoms in total. The van der Waals surface area contributed by atoms with Gasteiger partial charge in [-0.1, -0.05) is 107 Å². The summed E-state index contributed by atoms with van der Waals surface area (Å²) in [4.78, 5) is 4.58. The summed E-state index contributed by atoms with van der Waals surface area (Å²) in [5.41, 5.74) is 8.50. The van der Waals surface area contributed by atoms with Crippen LogP contribution in [0, 0.1) is 22.7 Å². The molecule has 8 aromatic rings. The van der Waals surface area contributed by atoms with Crippen LogP contribution < -0.4 is 9.80 Å². The molecule has 0 aliphatic heterocycles. The molecular formula is C48H40N4. The van der Waals surface area contributed by atoms with E-state index < -0.39 is 0 Å². The van der Waals surface area contributed by atoms with E-state index in [1.54, 1.807) is 0 Å². The zero-order chi connectivity index (χ0) is 36.4. The zero-order valence-electron chi connectivity index (χ0n) is 30.2. The van der Waals surface area contributed by atoms with Gasteiger partial charge in [-0.25, -0.2) is 0 Å². The number of benzene rings is 8. The predicted octanol–water partition coefficient (Wildman–Crippen LogP) is 13.6. The average Bonchev–Trinajstić information content (AvgIpc) is 3.19. The molecule has 8 aromatic carbocycles. The van der Waals surface area contributed by atoms with E-state index in [0.717, 1.165) is 44.9 Å². The Morgan fingerprint density at radius 1 is 0.442 bits per heavy atom. The molecule has 0 aliphatic rings. The van der Waals surface area contributed by atoms with Gasteiger partial charge in [0, 0.05) is 38.9 Å². The third-order valence-electron chi connectivity index (χ3n) is 9.56. The van der Waals surface area contributed by atoms with Gasteiger partial charge in [0.1, 0.15) is 0 Å². The van der Waals surface area contributed by atoms with Crippen molar-refractivity contribution < 1.29 is 0 Å². The lowest BCUT2D eigenvalue weighted by molar-refractivity contribution is 0.591. The first-order chi connectivity index (χ1) is 25.3. The summed E-state index contributed by atoms with van der Waals surface area (Å²) in [6.45, 7) is 10.8. The van der Waals surface area contributed by atoms with Crippen molar-refractivity contribution in [3.63, 3.8) is 0 Å². The van der Waals surface area contributed by atoms with Crippen molar-refractivity contribution in [1.82, 2.24) is 0 Å². The molecule has 52 heavy (non-hydrogen) atoms. The molecule has 0 aromatic heterocycles. The Labute approximate surface area is 306 Å². The second kappa shape index (κ2) is 13.9. The third kappa shape index (κ3) is 6.06. The van der Waals surface area contributed by atoms with Crippen molar-refractivity contribution in [1.29, 1.82) is 10.5 Å². The first kappa shape index (κ1) is 33.9. The molecule has 0 spiro atoms. The number of para-hydroxylation sites is 2. The van der Waals surface area contributed by atoms with Gasteiger partial charge < -0.3 is 9.80 Å². The van der Waals surface area contributed by atoms with Gasteiger partial charge in [0.25, 0.3) is 0 Å². The van der Waals surface area contributed by atoms with Crippen LogP contribution in [0.3, 0.4) is 0 Å². The fourth-order valence-electron chi connectivity index (χ4n) is 7.06. The van der Waals surface area contributed by atoms with E-state index in [9.17, 15) is 10.5 Å². The van der Waals surface area contributed by atoms with Crippen molar-refractivity contribution in [3.8, 4) is 12.1 Å². The standard InChI is InChI=1S/C46H34N4.C2H6/c1-46(2,3)35-26-33-18-24-40-42(49(36-10-6-4-7-11-36)38-20-14-31(29-47)15-21-38)28-43(41-25-19-34(27-35)44(33)45(40)41)50(37-12-8-5-9-13-37)39-22-16-32(30-48)17-23-39;1-2/h4-28H,1-3H3;1-2H3. The molecule has 0 saturated carbocycles. The van der Waals surface area contributed by atoms with Gasteiger partial charge in [0.05, 0.1) is 34.6 Å². The van der Waals surface area contributed by atoms with E-state index in [1.807, 2.05) is 74.5 Å². The molecule has 0 amide bonds. The van der Waals surface area contributed by atoms with E-state index >= 15 is 0 Å². The Balaban J connectivity index is 0.00000207. The Hall–Kier alpha value is -6.62. The van der Waals surface area contributed by atoms with Crippen molar-refractivity contribution in [2.24, 2.45) is 0 Å². The highest BCUT2D eigenvalue weighted by Crippen LogP contribution is 2.50. The Bertz CT molecular complexity index is 2400. The Morgan fingerprint density at radius 3 is 1.19 bits per heavy atom. The third-order valence-corrected chi connectivity index (χ3v) is 9.56. The van der Waals surface area contributed by atoms with Crippen LogP contribution in [-0.4, -0.2) is 0 Å². The van der Waals surface area contributed by atoms with Crippen molar-refractivity contribution in [2.45, 2.75) is 40.0 Å². The lowest BCUT2D eigenvalue weighted by Crippen LogP contribution is -2.14. The Kier molecular flexibility index (Phi) is 9.08. The fraction of sp³-hybridized carbons (Fsp3) is 0.125. The second-order valence-electron chi connectivity index (χ2n) is 13.7. The summed E-state index contributed by atoms with van der Waals surface area (Å²) < 4.78 is 0. The van der Waals surface area contributed by atoms with Gasteiger partial charge in [-0.05, 0) is 106 Å². The predicted molar refractivity (Wildman–Crippen MR) is 219 cm³/mol. The first-order valence-electron chi connectivity index (χ1n) is 17.8. The smallest absolute Gasteiger partial charge is 0.0991 e. The summed E-state index contributed by atoms with van der Waals surface area (Å²) in [6.07, 6.45) is 0. The topological polar surface area (TPSA) is 54.1 Å². The minimum absolute atomic E-state index is 0.000166. The molecule has 0 radical (unpaired) electrons. The number of anilines is 6. The number of hydrogen-bond donors (Lipinski definition) is 0. The van der Waals surface area contributed by atoms with Crippen LogP contribution in [0.5, 0.6) is 0 Å². The summed E-state index contributed by atoms with van der Waals surface area (Å²) >= 11 is 0. The van der Waals surface area contributed by atoms with Crippen LogP contribution in [0.25, 0.3) is 32.3 Å². The van der Waals surface area contributed by atoms with Gasteiger partial charge >= 0.3 is 0 Å². The average molecular weight is 673 g/mol. The fourth-order valence-corrected chi connectivity index (χ4v) is 7.06. The summed E-state index contributed by atoms with van der Waals surface area (Å²) in [5, 5.41) is 26.4. The molecule has 4 heteroatoms. The molecule has 252 valence electrons. The highest BCUT2D eigenvalue weighted by molar-refractivity contribution is 6.29. The Morgan fingerprint density at radius 2 is 0.827 bits per heavy atom. The maximum absolute atomic E-state index is 9.63. The van der Waals surface area contributed by atoms with E-state index in [4.69, 9.17) is 0 Å². The van der Waals surface area contributed by atoms with E-state index in [-0.39, 0.29) is 5.41 Å². The molecule has 0 bridgehead atoms. The van der Waals surface area contributed by atoms with Gasteiger partial charge in [-0.15, -0.1) is 0 Å². The van der Waals surface area contributed by atoms with Crippen LogP contribution in [0.4, 0.5) is 34.1 Å². The summed E-state index contributed by atoms with van der Waals surface area (Å²) in [5.74, 6) is 0. The van der Waals surface area contributed by atoms with Crippen LogP contribution in [0.1, 0.15) is 51.3 Å². The lowest BCUT2D eigenvalue weighted by atomic mass is 9.83. The van der Waals surface area contributed by atoms with Crippen LogP contribution in [-0.2, 0) is 5.41 Å². The molecule has 0 aliphatic carbocycles. The SMILES string of the molecule is CC.CC(C)(C)c1cc2ccc3c(N(c4ccccc4)c4ccc(C#N)cc4)cc(N(c4ccccc4)c4ccc(C#N)cc4)c4ccc(c1)c2c34.